The van der Waals surface area contributed by atoms with E-state index in [4.69, 9.17) is 10.1 Å². The summed E-state index contributed by atoms with van der Waals surface area (Å²) in [5.74, 6) is 4.05. The third-order valence-corrected chi connectivity index (χ3v) is 6.69. The third kappa shape index (κ3) is 4.08. The summed E-state index contributed by atoms with van der Waals surface area (Å²) in [5.41, 5.74) is 0. The molecule has 1 aromatic heterocycles. The third-order valence-electron chi connectivity index (χ3n) is 6.69. The van der Waals surface area contributed by atoms with E-state index >= 15 is 0 Å². The number of hydrogen-bond acceptors (Lipinski definition) is 4. The maximum Gasteiger partial charge on any atom is 0.151 e. The lowest BCUT2D eigenvalue weighted by atomic mass is 9.94. The Kier molecular flexibility index (Phi) is 5.41. The molecule has 5 nitrogen and oxygen atoms in total. The van der Waals surface area contributed by atoms with Crippen LogP contribution >= 0.6 is 0 Å². The van der Waals surface area contributed by atoms with Gasteiger partial charge in [-0.25, -0.2) is 9.67 Å². The van der Waals surface area contributed by atoms with E-state index in [1.807, 2.05) is 0 Å². The molecule has 0 aromatic carbocycles. The molecule has 1 aliphatic carbocycles. The van der Waals surface area contributed by atoms with Crippen molar-refractivity contribution in [2.75, 3.05) is 26.7 Å². The average Bonchev–Trinajstić information content (AvgIpc) is 3.31. The number of unbranched alkanes of at least 4 members (excludes halogenated alkanes) is 1. The van der Waals surface area contributed by atoms with Gasteiger partial charge in [-0.2, -0.15) is 5.10 Å². The molecule has 3 fully saturated rings. The van der Waals surface area contributed by atoms with Gasteiger partial charge in [0.2, 0.25) is 0 Å². The number of fused-ring (bicyclic) bond motifs is 2. The molecule has 2 bridgehead atoms. The predicted octanol–water partition coefficient (Wildman–Crippen LogP) is 2.95. The minimum atomic E-state index is 0.772. The fourth-order valence-electron chi connectivity index (χ4n) is 5.04. The van der Waals surface area contributed by atoms with Gasteiger partial charge in [0.1, 0.15) is 5.82 Å². The van der Waals surface area contributed by atoms with Crippen LogP contribution in [-0.2, 0) is 19.5 Å². The molecule has 0 spiro atoms. The Morgan fingerprint density at radius 1 is 1.12 bits per heavy atom. The second kappa shape index (κ2) is 7.75. The molecule has 5 heteroatoms. The number of aryl methyl sites for hydroxylation is 1. The van der Waals surface area contributed by atoms with E-state index < -0.39 is 0 Å². The highest BCUT2D eigenvalue weighted by Crippen LogP contribution is 2.38. The zero-order valence-electron chi connectivity index (χ0n) is 16.2. The number of piperidine rings is 2. The molecule has 3 aliphatic rings. The van der Waals surface area contributed by atoms with Gasteiger partial charge < -0.3 is 4.90 Å². The summed E-state index contributed by atoms with van der Waals surface area (Å²) in [6.45, 7) is 8.06. The van der Waals surface area contributed by atoms with Crippen molar-refractivity contribution in [1.29, 1.82) is 0 Å². The number of nitrogens with zero attached hydrogens (tertiary/aromatic N) is 5. The van der Waals surface area contributed by atoms with Crippen LogP contribution in [0.3, 0.4) is 0 Å². The van der Waals surface area contributed by atoms with E-state index in [1.165, 1.54) is 70.4 Å². The van der Waals surface area contributed by atoms with Crippen molar-refractivity contribution in [3.63, 3.8) is 0 Å². The van der Waals surface area contributed by atoms with Crippen molar-refractivity contribution in [2.45, 2.75) is 77.4 Å². The van der Waals surface area contributed by atoms with Crippen molar-refractivity contribution in [1.82, 2.24) is 24.6 Å². The molecule has 1 saturated carbocycles. The topological polar surface area (TPSA) is 37.2 Å². The minimum Gasteiger partial charge on any atom is -0.306 e. The van der Waals surface area contributed by atoms with E-state index in [0.717, 1.165) is 43.2 Å². The van der Waals surface area contributed by atoms with Crippen LogP contribution in [0.25, 0.3) is 0 Å². The Labute approximate surface area is 152 Å². The maximum absolute atomic E-state index is 5.02. The van der Waals surface area contributed by atoms with Crippen LogP contribution in [0.15, 0.2) is 0 Å². The SMILES string of the molecule is CCCCn1nc(CC2CCN(C)CC2)nc1CN1C[C@H]2CC[C@@H]1C2. The maximum atomic E-state index is 5.02. The highest BCUT2D eigenvalue weighted by Gasteiger charge is 2.38. The fourth-order valence-corrected chi connectivity index (χ4v) is 5.04. The summed E-state index contributed by atoms with van der Waals surface area (Å²) in [7, 11) is 2.23. The molecule has 2 saturated heterocycles. The van der Waals surface area contributed by atoms with Gasteiger partial charge in [0, 0.05) is 25.6 Å². The number of likely N-dealkylation sites (tertiary alicyclic amines) is 2. The lowest BCUT2D eigenvalue weighted by molar-refractivity contribution is 0.196. The Morgan fingerprint density at radius 3 is 2.64 bits per heavy atom. The smallest absolute Gasteiger partial charge is 0.151 e. The van der Waals surface area contributed by atoms with E-state index in [-0.39, 0.29) is 0 Å². The van der Waals surface area contributed by atoms with Crippen molar-refractivity contribution in [3.05, 3.63) is 11.6 Å². The van der Waals surface area contributed by atoms with Crippen molar-refractivity contribution in [2.24, 2.45) is 11.8 Å². The van der Waals surface area contributed by atoms with Crippen LogP contribution in [-0.4, -0.2) is 57.3 Å². The van der Waals surface area contributed by atoms with E-state index in [0.29, 0.717) is 0 Å². The van der Waals surface area contributed by atoms with Crippen LogP contribution in [0.4, 0.5) is 0 Å². The summed E-state index contributed by atoms with van der Waals surface area (Å²) >= 11 is 0. The number of aromatic nitrogens is 3. The molecular weight excluding hydrogens is 310 g/mol. The molecule has 25 heavy (non-hydrogen) atoms. The van der Waals surface area contributed by atoms with Gasteiger partial charge in [-0.05, 0) is 70.5 Å². The van der Waals surface area contributed by atoms with Crippen molar-refractivity contribution in [3.8, 4) is 0 Å². The molecule has 0 radical (unpaired) electrons. The Hall–Kier alpha value is -0.940. The van der Waals surface area contributed by atoms with Gasteiger partial charge in [0.05, 0.1) is 6.54 Å². The summed E-state index contributed by atoms with van der Waals surface area (Å²) in [5, 5.41) is 4.93. The first-order valence-corrected chi connectivity index (χ1v) is 10.6. The molecule has 4 rings (SSSR count). The molecule has 0 N–H and O–H groups in total. The molecule has 2 aliphatic heterocycles. The molecule has 3 heterocycles. The summed E-state index contributed by atoms with van der Waals surface area (Å²) < 4.78 is 2.24. The highest BCUT2D eigenvalue weighted by molar-refractivity contribution is 4.99. The molecule has 0 unspecified atom stereocenters. The Morgan fingerprint density at radius 2 is 1.96 bits per heavy atom. The molecule has 140 valence electrons. The van der Waals surface area contributed by atoms with Crippen LogP contribution < -0.4 is 0 Å². The average molecular weight is 346 g/mol. The lowest BCUT2D eigenvalue weighted by Gasteiger charge is -2.28. The highest BCUT2D eigenvalue weighted by atomic mass is 15.4. The zero-order valence-corrected chi connectivity index (χ0v) is 16.2. The van der Waals surface area contributed by atoms with Crippen LogP contribution in [0.2, 0.25) is 0 Å². The first kappa shape index (κ1) is 17.5. The van der Waals surface area contributed by atoms with E-state index in [1.54, 1.807) is 0 Å². The first-order valence-electron chi connectivity index (χ1n) is 10.6. The quantitative estimate of drug-likeness (QED) is 0.761. The van der Waals surface area contributed by atoms with Gasteiger partial charge in [-0.1, -0.05) is 13.3 Å². The molecular formula is C20H35N5. The number of hydrogen-bond donors (Lipinski definition) is 0. The fraction of sp³-hybridized carbons (Fsp3) is 0.900. The van der Waals surface area contributed by atoms with E-state index in [2.05, 4.69) is 28.5 Å². The minimum absolute atomic E-state index is 0.772. The normalized spacial score (nSPS) is 28.2. The number of rotatable bonds is 7. The van der Waals surface area contributed by atoms with E-state index in [9.17, 15) is 0 Å². The van der Waals surface area contributed by atoms with Gasteiger partial charge in [-0.3, -0.25) is 4.90 Å². The Balaban J connectivity index is 1.42. The summed E-state index contributed by atoms with van der Waals surface area (Å²) in [4.78, 5) is 10.1. The van der Waals surface area contributed by atoms with Crippen LogP contribution in [0.5, 0.6) is 0 Å². The molecule has 2 atom stereocenters. The Bertz CT molecular complexity index is 560. The predicted molar refractivity (Wildman–Crippen MR) is 100 cm³/mol. The first-order chi connectivity index (χ1) is 12.2. The second-order valence-electron chi connectivity index (χ2n) is 8.73. The van der Waals surface area contributed by atoms with Gasteiger partial charge in [-0.15, -0.1) is 0 Å². The van der Waals surface area contributed by atoms with Gasteiger partial charge in [0.25, 0.3) is 0 Å². The lowest BCUT2D eigenvalue weighted by Crippen LogP contribution is -2.32. The van der Waals surface area contributed by atoms with Crippen molar-refractivity contribution >= 4 is 0 Å². The summed E-state index contributed by atoms with van der Waals surface area (Å²) in [6.07, 6.45) is 10.4. The zero-order chi connectivity index (χ0) is 17.2. The standard InChI is InChI=1S/C20H35N5/c1-3-4-9-25-20(15-24-14-17-5-6-18(24)12-17)21-19(22-25)13-16-7-10-23(2)11-8-16/h16-18H,3-15H2,1-2H3/t17-,18+/m0/s1. The van der Waals surface area contributed by atoms with Gasteiger partial charge in [0.15, 0.2) is 5.82 Å². The van der Waals surface area contributed by atoms with Crippen molar-refractivity contribution < 1.29 is 0 Å². The molecule has 0 amide bonds. The van der Waals surface area contributed by atoms with Crippen LogP contribution in [0.1, 0.15) is 63.5 Å². The molecule has 1 aromatic rings. The second-order valence-corrected chi connectivity index (χ2v) is 8.73. The summed E-state index contributed by atoms with van der Waals surface area (Å²) in [6, 6.07) is 0.818. The van der Waals surface area contributed by atoms with Crippen LogP contribution in [0, 0.1) is 11.8 Å². The largest absolute Gasteiger partial charge is 0.306 e. The van der Waals surface area contributed by atoms with Gasteiger partial charge >= 0.3 is 0 Å². The monoisotopic (exact) mass is 345 g/mol.